The van der Waals surface area contributed by atoms with Gasteiger partial charge in [-0.05, 0) is 91.2 Å². The van der Waals surface area contributed by atoms with Crippen LogP contribution >= 0.6 is 23.4 Å². The smallest absolute Gasteiger partial charge is 0.245 e. The Morgan fingerprint density at radius 3 is 2.35 bits per heavy atom. The fourth-order valence-corrected chi connectivity index (χ4v) is 8.46. The summed E-state index contributed by atoms with van der Waals surface area (Å²) >= 11 is 8.47. The van der Waals surface area contributed by atoms with Crippen molar-refractivity contribution in [3.63, 3.8) is 0 Å². The van der Waals surface area contributed by atoms with Gasteiger partial charge in [-0.2, -0.15) is 0 Å². The zero-order valence-electron chi connectivity index (χ0n) is 31.2. The van der Waals surface area contributed by atoms with Gasteiger partial charge in [-0.3, -0.25) is 14.4 Å². The second-order valence-corrected chi connectivity index (χ2v) is 15.4. The average molecular weight is 780 g/mol. The third-order valence-electron chi connectivity index (χ3n) is 10.2. The van der Waals surface area contributed by atoms with E-state index in [1.165, 1.54) is 16.7 Å². The molecule has 12 heteroatoms. The number of nitrogens with two attached hydrogens (primary N) is 2. The van der Waals surface area contributed by atoms with Gasteiger partial charge in [0.05, 0.1) is 11.1 Å². The van der Waals surface area contributed by atoms with E-state index >= 15 is 0 Å². The Labute approximate surface area is 332 Å². The number of hydrogen-bond donors (Lipinski definition) is 6. The van der Waals surface area contributed by atoms with Crippen molar-refractivity contribution in [2.24, 2.45) is 11.5 Å². The minimum atomic E-state index is -0.882. The highest BCUT2D eigenvalue weighted by Crippen LogP contribution is 2.40. The molecule has 1 aliphatic heterocycles. The van der Waals surface area contributed by atoms with Gasteiger partial charge in [0.2, 0.25) is 17.7 Å². The highest BCUT2D eigenvalue weighted by atomic mass is 35.5. The number of fused-ring (bicyclic) bond motifs is 3. The lowest BCUT2D eigenvalue weighted by atomic mass is 10.0. The van der Waals surface area contributed by atoms with Gasteiger partial charge in [0.1, 0.15) is 12.1 Å². The molecule has 3 unspecified atom stereocenters. The first-order chi connectivity index (χ1) is 26.8. The van der Waals surface area contributed by atoms with Gasteiger partial charge in [0.15, 0.2) is 0 Å². The second-order valence-electron chi connectivity index (χ2n) is 14.0. The van der Waals surface area contributed by atoms with Crippen LogP contribution in [0.15, 0.2) is 107 Å². The molecule has 0 saturated carbocycles. The van der Waals surface area contributed by atoms with Crippen molar-refractivity contribution in [2.75, 3.05) is 20.1 Å². The molecule has 0 aliphatic carbocycles. The average Bonchev–Trinajstić information content (AvgIpc) is 3.62. The monoisotopic (exact) mass is 779 g/mol. The maximum atomic E-state index is 14.5. The number of nitrogens with one attached hydrogen (secondary N) is 4. The van der Waals surface area contributed by atoms with Crippen molar-refractivity contribution < 1.29 is 14.4 Å². The molecule has 0 bridgehead atoms. The van der Waals surface area contributed by atoms with Gasteiger partial charge in [0.25, 0.3) is 0 Å². The van der Waals surface area contributed by atoms with E-state index in [9.17, 15) is 14.4 Å². The summed E-state index contributed by atoms with van der Waals surface area (Å²) in [4.78, 5) is 49.6. The zero-order chi connectivity index (χ0) is 38.7. The first kappa shape index (κ1) is 40.0. The molecule has 8 N–H and O–H groups in total. The van der Waals surface area contributed by atoms with Crippen LogP contribution in [0.1, 0.15) is 48.8 Å². The van der Waals surface area contributed by atoms with E-state index in [0.717, 1.165) is 48.5 Å². The highest BCUT2D eigenvalue weighted by molar-refractivity contribution is 7.99. The molecular formula is C43H50ClN7O3S. The molecule has 3 amide bonds. The lowest BCUT2D eigenvalue weighted by Crippen LogP contribution is -2.57. The number of carbonyl (C=O) groups is 3. The van der Waals surface area contributed by atoms with Gasteiger partial charge in [-0.25, -0.2) is 0 Å². The molecular weight excluding hydrogens is 730 g/mol. The van der Waals surface area contributed by atoms with Crippen molar-refractivity contribution in [1.29, 1.82) is 0 Å². The number of nitrogens with zero attached hydrogens (tertiary/aromatic N) is 1. The van der Waals surface area contributed by atoms with Crippen LogP contribution in [0.2, 0.25) is 5.02 Å². The zero-order valence-corrected chi connectivity index (χ0v) is 32.7. The highest BCUT2D eigenvalue weighted by Gasteiger charge is 2.34. The molecule has 2 heterocycles. The van der Waals surface area contributed by atoms with Crippen molar-refractivity contribution in [1.82, 2.24) is 25.8 Å². The maximum absolute atomic E-state index is 14.5. The molecule has 0 spiro atoms. The van der Waals surface area contributed by atoms with E-state index in [1.807, 2.05) is 66.9 Å². The summed E-state index contributed by atoms with van der Waals surface area (Å²) in [7, 11) is 1.64. The van der Waals surface area contributed by atoms with Crippen molar-refractivity contribution in [3.05, 3.63) is 119 Å². The normalized spacial score (nSPS) is 18.7. The Morgan fingerprint density at radius 1 is 0.782 bits per heavy atom. The van der Waals surface area contributed by atoms with Crippen molar-refractivity contribution >= 4 is 52.0 Å². The number of likely N-dealkylation sites (N-methyl/N-ethyl adjacent to an activating group) is 1. The van der Waals surface area contributed by atoms with E-state index in [2.05, 4.69) is 51.3 Å². The summed E-state index contributed by atoms with van der Waals surface area (Å²) in [5.74, 6) is -0.953. The number of hydrogen-bond acceptors (Lipinski definition) is 7. The lowest BCUT2D eigenvalue weighted by Gasteiger charge is -2.32. The Bertz CT molecular complexity index is 2090. The number of aromatic amines is 1. The number of rotatable bonds is 10. The SMILES string of the molecule is CN1C(=O)C(CCCCN)NC(=O)C(CCCN)NCc2ccc(-c3ccccc3)cc2Sc2c(Cl)cccc2CNC(=O)C1Cc1c[nH]c2ccccc12. The predicted molar refractivity (Wildman–Crippen MR) is 222 cm³/mol. The van der Waals surface area contributed by atoms with Crippen LogP contribution < -0.4 is 27.4 Å². The first-order valence-electron chi connectivity index (χ1n) is 18.9. The van der Waals surface area contributed by atoms with Crippen molar-refractivity contribution in [3.8, 4) is 11.1 Å². The van der Waals surface area contributed by atoms with E-state index in [-0.39, 0.29) is 30.7 Å². The minimum absolute atomic E-state index is 0.192. The number of aromatic nitrogens is 1. The topological polar surface area (TPSA) is 158 Å². The molecule has 3 atom stereocenters. The van der Waals surface area contributed by atoms with E-state index in [1.54, 1.807) is 7.05 Å². The Balaban J connectivity index is 1.42. The number of halogens is 1. The van der Waals surface area contributed by atoms with Crippen LogP contribution in [0.3, 0.4) is 0 Å². The number of para-hydroxylation sites is 1. The summed E-state index contributed by atoms with van der Waals surface area (Å²) in [6, 6.07) is 27.7. The molecule has 6 rings (SSSR count). The van der Waals surface area contributed by atoms with Gasteiger partial charge < -0.3 is 37.3 Å². The first-order valence-corrected chi connectivity index (χ1v) is 20.1. The lowest BCUT2D eigenvalue weighted by molar-refractivity contribution is -0.142. The molecule has 0 saturated heterocycles. The number of benzene rings is 4. The fourth-order valence-electron chi connectivity index (χ4n) is 7.04. The summed E-state index contributed by atoms with van der Waals surface area (Å²) in [6.45, 7) is 1.46. The molecule has 0 fully saturated rings. The van der Waals surface area contributed by atoms with Crippen LogP contribution in [-0.2, 0) is 33.9 Å². The van der Waals surface area contributed by atoms with Crippen molar-refractivity contribution in [2.45, 2.75) is 79.5 Å². The van der Waals surface area contributed by atoms with Crippen LogP contribution in [0.25, 0.3) is 22.0 Å². The largest absolute Gasteiger partial charge is 0.361 e. The molecule has 55 heavy (non-hydrogen) atoms. The molecule has 1 aliphatic rings. The molecule has 1 aromatic heterocycles. The van der Waals surface area contributed by atoms with Gasteiger partial charge in [-0.15, -0.1) is 0 Å². The summed E-state index contributed by atoms with van der Waals surface area (Å²) in [6.07, 6.45) is 4.94. The van der Waals surface area contributed by atoms with E-state index in [4.69, 9.17) is 23.1 Å². The number of carbonyl (C=O) groups excluding carboxylic acids is 3. The third-order valence-corrected chi connectivity index (χ3v) is 11.9. The van der Waals surface area contributed by atoms with Crippen LogP contribution in [0.4, 0.5) is 0 Å². The van der Waals surface area contributed by atoms with Gasteiger partial charge >= 0.3 is 0 Å². The molecule has 288 valence electrons. The molecule has 5 aromatic rings. The molecule has 0 radical (unpaired) electrons. The summed E-state index contributed by atoms with van der Waals surface area (Å²) in [5, 5.41) is 11.3. The summed E-state index contributed by atoms with van der Waals surface area (Å²) in [5.41, 5.74) is 17.6. The standard InChI is InChI=1S/C43H50ClN7O3S/c1-51-38(23-32-27-47-35-16-6-5-14-33(32)35)42(53)49-26-31-13-9-15-34(44)40(31)55-39-24-29(28-11-3-2-4-12-28)19-20-30(39)25-48-36(18-10-22-46)41(52)50-37(43(51)54)17-7-8-21-45/h2-6,9,11-16,19-20,24,27,36-38,47-48H,7-8,10,17-18,21-23,25-26,45-46H2,1H3,(H,49,53)(H,50,52). The number of H-pyrrole nitrogens is 1. The number of unbranched alkanes of at least 4 members (excludes halogenated alkanes) is 1. The Hall–Kier alpha value is -4.65. The van der Waals surface area contributed by atoms with Crippen LogP contribution in [0.5, 0.6) is 0 Å². The van der Waals surface area contributed by atoms with E-state index < -0.39 is 18.1 Å². The Morgan fingerprint density at radius 2 is 1.55 bits per heavy atom. The fraction of sp³-hybridized carbons (Fsp3) is 0.326. The molecule has 10 nitrogen and oxygen atoms in total. The van der Waals surface area contributed by atoms with Crippen LogP contribution in [-0.4, -0.2) is 65.9 Å². The molecule has 4 aromatic carbocycles. The summed E-state index contributed by atoms with van der Waals surface area (Å²) < 4.78 is 0. The minimum Gasteiger partial charge on any atom is -0.361 e. The Kier molecular flexibility index (Phi) is 14.0. The number of amides is 3. The van der Waals surface area contributed by atoms with Gasteiger partial charge in [0, 0.05) is 53.4 Å². The maximum Gasteiger partial charge on any atom is 0.245 e. The third kappa shape index (κ3) is 9.97. The quantitative estimate of drug-likeness (QED) is 0.0929. The second kappa shape index (κ2) is 19.3. The van der Waals surface area contributed by atoms with Crippen LogP contribution in [0, 0.1) is 0 Å². The van der Waals surface area contributed by atoms with E-state index in [0.29, 0.717) is 56.8 Å². The van der Waals surface area contributed by atoms with Gasteiger partial charge in [-0.1, -0.05) is 96.2 Å². The predicted octanol–water partition coefficient (Wildman–Crippen LogP) is 6.15.